The normalized spacial score (nSPS) is 12.5. The summed E-state index contributed by atoms with van der Waals surface area (Å²) in [6.45, 7) is 1.75. The third-order valence-corrected chi connectivity index (χ3v) is 5.45. The second-order valence-corrected chi connectivity index (χ2v) is 8.12. The molecule has 5 N–H and O–H groups in total. The number of aromatic nitrogens is 2. The Bertz CT molecular complexity index is 1350. The second-order valence-electron chi connectivity index (χ2n) is 8.12. The number of carboxylic acids is 1. The van der Waals surface area contributed by atoms with Gasteiger partial charge in [-0.3, -0.25) is 4.79 Å². The minimum Gasteiger partial charge on any atom is -0.491 e. The number of rotatable bonds is 9. The molecule has 1 aromatic heterocycles. The molecule has 0 aliphatic heterocycles. The summed E-state index contributed by atoms with van der Waals surface area (Å²) in [5.41, 5.74) is 15.3. The molecule has 0 bridgehead atoms. The van der Waals surface area contributed by atoms with Gasteiger partial charge < -0.3 is 26.0 Å². The molecule has 0 unspecified atom stereocenters. The van der Waals surface area contributed by atoms with E-state index in [-0.39, 0.29) is 24.5 Å². The van der Waals surface area contributed by atoms with Gasteiger partial charge >= 0.3 is 5.97 Å². The van der Waals surface area contributed by atoms with Crippen molar-refractivity contribution in [3.05, 3.63) is 90.2 Å². The van der Waals surface area contributed by atoms with Crippen LogP contribution in [0.2, 0.25) is 0 Å². The van der Waals surface area contributed by atoms with E-state index in [1.165, 1.54) is 12.1 Å². The molecule has 0 saturated carbocycles. The van der Waals surface area contributed by atoms with E-state index in [0.29, 0.717) is 17.3 Å². The van der Waals surface area contributed by atoms with Crippen molar-refractivity contribution in [2.45, 2.75) is 19.1 Å². The lowest BCUT2D eigenvalue weighted by atomic mass is 10.0. The topological polar surface area (TPSA) is 134 Å². The summed E-state index contributed by atoms with van der Waals surface area (Å²) >= 11 is 0. The number of anilines is 1. The number of hydrogen-bond acceptors (Lipinski definition) is 7. The van der Waals surface area contributed by atoms with Gasteiger partial charge in [-0.2, -0.15) is 4.98 Å². The molecule has 0 amide bonds. The first kappa shape index (κ1) is 24.6. The van der Waals surface area contributed by atoms with E-state index in [0.717, 1.165) is 22.3 Å². The fraction of sp³-hybridized carbons (Fsp3) is 0.148. The second kappa shape index (κ2) is 10.8. The molecule has 184 valence electrons. The molecule has 4 aromatic rings. The van der Waals surface area contributed by atoms with Crippen molar-refractivity contribution in [1.82, 2.24) is 9.97 Å². The number of nitrogens with zero attached hydrogens (tertiary/aromatic N) is 2. The largest absolute Gasteiger partial charge is 0.491 e. The maximum Gasteiger partial charge on any atom is 0.324 e. The van der Waals surface area contributed by atoms with Crippen LogP contribution in [-0.2, 0) is 4.79 Å². The van der Waals surface area contributed by atoms with E-state index in [9.17, 15) is 9.18 Å². The third-order valence-electron chi connectivity index (χ3n) is 5.45. The van der Waals surface area contributed by atoms with Gasteiger partial charge in [-0.25, -0.2) is 9.37 Å². The summed E-state index contributed by atoms with van der Waals surface area (Å²) in [6, 6.07) is 21.6. The van der Waals surface area contributed by atoms with Gasteiger partial charge in [0.05, 0.1) is 5.69 Å². The van der Waals surface area contributed by atoms with E-state index in [2.05, 4.69) is 9.97 Å². The SMILES string of the molecule is C[C@H](Oc1cc(-c2ccc(OC[C@H](N)C(=O)O)cc2)nc(N)n1)c1ccc(-c2cccc(F)c2)cc1. The quantitative estimate of drug-likeness (QED) is 0.314. The zero-order valence-corrected chi connectivity index (χ0v) is 19.5. The van der Waals surface area contributed by atoms with E-state index >= 15 is 0 Å². The minimum absolute atomic E-state index is 0.0592. The van der Waals surface area contributed by atoms with Gasteiger partial charge in [0.25, 0.3) is 0 Å². The number of halogens is 1. The molecule has 0 saturated heterocycles. The van der Waals surface area contributed by atoms with Crippen molar-refractivity contribution in [3.63, 3.8) is 0 Å². The molecular weight excluding hydrogens is 463 g/mol. The van der Waals surface area contributed by atoms with Crippen molar-refractivity contribution in [2.24, 2.45) is 5.73 Å². The zero-order chi connectivity index (χ0) is 25.7. The predicted octanol–water partition coefficient (Wildman–Crippen LogP) is 4.46. The molecule has 4 rings (SSSR count). The van der Waals surface area contributed by atoms with Crippen molar-refractivity contribution in [2.75, 3.05) is 12.3 Å². The average molecular weight is 489 g/mol. The highest BCUT2D eigenvalue weighted by atomic mass is 19.1. The van der Waals surface area contributed by atoms with Crippen molar-refractivity contribution < 1.29 is 23.8 Å². The molecule has 8 nitrogen and oxygen atoms in total. The van der Waals surface area contributed by atoms with Crippen LogP contribution in [-0.4, -0.2) is 33.7 Å². The first-order valence-corrected chi connectivity index (χ1v) is 11.2. The van der Waals surface area contributed by atoms with Gasteiger partial charge in [0.1, 0.15) is 30.3 Å². The lowest BCUT2D eigenvalue weighted by Crippen LogP contribution is -2.36. The van der Waals surface area contributed by atoms with Crippen molar-refractivity contribution in [3.8, 4) is 34.0 Å². The molecular formula is C27H25FN4O4. The Hall–Kier alpha value is -4.50. The fourth-order valence-electron chi connectivity index (χ4n) is 3.49. The smallest absolute Gasteiger partial charge is 0.324 e. The van der Waals surface area contributed by atoms with Crippen molar-refractivity contribution in [1.29, 1.82) is 0 Å². The van der Waals surface area contributed by atoms with Crippen LogP contribution < -0.4 is 20.9 Å². The molecule has 2 atom stereocenters. The number of aliphatic carboxylic acids is 1. The van der Waals surface area contributed by atoms with Crippen LogP contribution in [0.3, 0.4) is 0 Å². The third kappa shape index (κ3) is 6.13. The summed E-state index contributed by atoms with van der Waals surface area (Å²) in [5.74, 6) is -0.567. The summed E-state index contributed by atoms with van der Waals surface area (Å²) < 4.78 is 25.0. The molecule has 36 heavy (non-hydrogen) atoms. The summed E-state index contributed by atoms with van der Waals surface area (Å²) in [5, 5.41) is 8.85. The van der Waals surface area contributed by atoms with Crippen LogP contribution in [0.25, 0.3) is 22.4 Å². The van der Waals surface area contributed by atoms with Crippen molar-refractivity contribution >= 4 is 11.9 Å². The number of carboxylic acid groups (broad SMARTS) is 1. The maximum atomic E-state index is 13.5. The minimum atomic E-state index is -1.13. The lowest BCUT2D eigenvalue weighted by molar-refractivity contribution is -0.139. The maximum absolute atomic E-state index is 13.5. The number of benzene rings is 3. The Morgan fingerprint density at radius 1 is 0.972 bits per heavy atom. The Morgan fingerprint density at radius 2 is 1.67 bits per heavy atom. The first-order chi connectivity index (χ1) is 17.3. The number of ether oxygens (including phenoxy) is 2. The number of hydrogen-bond donors (Lipinski definition) is 3. The molecule has 0 aliphatic carbocycles. The highest BCUT2D eigenvalue weighted by molar-refractivity contribution is 5.73. The van der Waals surface area contributed by atoms with Crippen LogP contribution >= 0.6 is 0 Å². The van der Waals surface area contributed by atoms with Crippen LogP contribution in [0, 0.1) is 5.82 Å². The van der Waals surface area contributed by atoms with Crippen LogP contribution in [0.5, 0.6) is 11.6 Å². The Kier molecular flexibility index (Phi) is 7.41. The van der Waals surface area contributed by atoms with E-state index in [1.54, 1.807) is 36.4 Å². The standard InChI is InChI=1S/C27H25FN4O4/c1-16(17-5-7-18(8-6-17)20-3-2-4-21(28)13-20)36-25-14-24(31-27(30)32-25)19-9-11-22(12-10-19)35-15-23(29)26(33)34/h2-14,16,23H,15,29H2,1H3,(H,33,34)(H2,30,31,32)/t16-,23-/m0/s1. The van der Waals surface area contributed by atoms with Crippen LogP contribution in [0.4, 0.5) is 10.3 Å². The number of nitrogens with two attached hydrogens (primary N) is 2. The van der Waals surface area contributed by atoms with Gasteiger partial charge in [0.15, 0.2) is 0 Å². The van der Waals surface area contributed by atoms with Gasteiger partial charge in [-0.05, 0) is 60.0 Å². The van der Waals surface area contributed by atoms with E-state index in [1.807, 2.05) is 37.3 Å². The molecule has 0 fully saturated rings. The molecule has 0 aliphatic rings. The van der Waals surface area contributed by atoms with Gasteiger partial charge in [-0.15, -0.1) is 0 Å². The zero-order valence-electron chi connectivity index (χ0n) is 19.5. The van der Waals surface area contributed by atoms with Gasteiger partial charge in [-0.1, -0.05) is 36.4 Å². The fourth-order valence-corrected chi connectivity index (χ4v) is 3.49. The summed E-state index contributed by atoms with van der Waals surface area (Å²) in [7, 11) is 0. The molecule has 3 aromatic carbocycles. The molecule has 0 spiro atoms. The lowest BCUT2D eigenvalue weighted by Gasteiger charge is -2.16. The summed E-state index contributed by atoms with van der Waals surface area (Å²) in [4.78, 5) is 19.3. The Labute approximate surface area is 207 Å². The van der Waals surface area contributed by atoms with E-state index in [4.69, 9.17) is 26.0 Å². The molecule has 1 heterocycles. The van der Waals surface area contributed by atoms with Crippen LogP contribution in [0.1, 0.15) is 18.6 Å². The monoisotopic (exact) mass is 488 g/mol. The molecule has 9 heteroatoms. The highest BCUT2D eigenvalue weighted by Crippen LogP contribution is 2.28. The van der Waals surface area contributed by atoms with Crippen LogP contribution in [0.15, 0.2) is 78.9 Å². The highest BCUT2D eigenvalue weighted by Gasteiger charge is 2.14. The molecule has 0 radical (unpaired) electrons. The average Bonchev–Trinajstić information content (AvgIpc) is 2.87. The predicted molar refractivity (Wildman–Crippen MR) is 134 cm³/mol. The van der Waals surface area contributed by atoms with Gasteiger partial charge in [0, 0.05) is 11.6 Å². The summed E-state index contributed by atoms with van der Waals surface area (Å²) in [6.07, 6.45) is -0.331. The Morgan fingerprint density at radius 3 is 2.33 bits per heavy atom. The Balaban J connectivity index is 1.45. The number of nitrogen functional groups attached to an aromatic ring is 1. The first-order valence-electron chi connectivity index (χ1n) is 11.2. The number of carbonyl (C=O) groups is 1. The van der Waals surface area contributed by atoms with E-state index < -0.39 is 12.0 Å². The van der Waals surface area contributed by atoms with Gasteiger partial charge in [0.2, 0.25) is 11.8 Å².